The number of nitrogens with one attached hydrogen (secondary N) is 1. The van der Waals surface area contributed by atoms with Gasteiger partial charge in [0, 0.05) is 38.8 Å². The van der Waals surface area contributed by atoms with E-state index >= 15 is 0 Å². The lowest BCUT2D eigenvalue weighted by molar-refractivity contribution is -0.130. The van der Waals surface area contributed by atoms with Crippen molar-refractivity contribution in [3.8, 4) is 5.75 Å². The van der Waals surface area contributed by atoms with Crippen molar-refractivity contribution >= 4 is 23.2 Å². The summed E-state index contributed by atoms with van der Waals surface area (Å²) >= 11 is 0. The summed E-state index contributed by atoms with van der Waals surface area (Å²) in [5.74, 6) is 0.763. The van der Waals surface area contributed by atoms with Gasteiger partial charge in [0.1, 0.15) is 11.4 Å². The second-order valence-corrected chi connectivity index (χ2v) is 7.05. The van der Waals surface area contributed by atoms with Crippen LogP contribution < -0.4 is 10.1 Å². The lowest BCUT2D eigenvalue weighted by Gasteiger charge is -2.34. The van der Waals surface area contributed by atoms with E-state index in [1.807, 2.05) is 44.2 Å². The minimum absolute atomic E-state index is 0.0458. The number of amides is 2. The average Bonchev–Trinajstić information content (AvgIpc) is 2.69. The summed E-state index contributed by atoms with van der Waals surface area (Å²) in [6.07, 6.45) is 1.79. The number of ether oxygens (including phenoxy) is 1. The van der Waals surface area contributed by atoms with E-state index in [1.54, 1.807) is 29.0 Å². The van der Waals surface area contributed by atoms with Gasteiger partial charge < -0.3 is 19.9 Å². The molecule has 0 aliphatic carbocycles. The summed E-state index contributed by atoms with van der Waals surface area (Å²) in [6, 6.07) is 11.3. The van der Waals surface area contributed by atoms with Crippen LogP contribution >= 0.6 is 0 Å². The lowest BCUT2D eigenvalue weighted by atomic mass is 10.2. The summed E-state index contributed by atoms with van der Waals surface area (Å²) < 4.78 is 5.63. The first-order valence-electron chi connectivity index (χ1n) is 9.47. The molecule has 7 heteroatoms. The SMILES string of the molecule is CC(=O)N1CCN(C(=O)c2ccc(Nc3ccc(OC(C)C)cc3)cn2)CC1. The summed E-state index contributed by atoms with van der Waals surface area (Å²) in [5.41, 5.74) is 2.12. The van der Waals surface area contributed by atoms with E-state index in [4.69, 9.17) is 4.74 Å². The first-order valence-corrected chi connectivity index (χ1v) is 9.47. The Morgan fingerprint density at radius 1 is 0.964 bits per heavy atom. The minimum Gasteiger partial charge on any atom is -0.491 e. The third kappa shape index (κ3) is 5.00. The minimum atomic E-state index is -0.107. The maximum absolute atomic E-state index is 12.6. The number of pyridine rings is 1. The highest BCUT2D eigenvalue weighted by atomic mass is 16.5. The zero-order valence-electron chi connectivity index (χ0n) is 16.5. The highest BCUT2D eigenvalue weighted by molar-refractivity contribution is 5.92. The first kappa shape index (κ1) is 19.7. The maximum Gasteiger partial charge on any atom is 0.272 e. The molecule has 0 atom stereocenters. The molecule has 1 aromatic carbocycles. The molecule has 0 spiro atoms. The number of piperazine rings is 1. The van der Waals surface area contributed by atoms with Crippen LogP contribution in [0.2, 0.25) is 0 Å². The number of carbonyl (C=O) groups is 2. The van der Waals surface area contributed by atoms with Crippen molar-refractivity contribution in [3.05, 3.63) is 48.3 Å². The van der Waals surface area contributed by atoms with Gasteiger partial charge in [-0.05, 0) is 50.2 Å². The summed E-state index contributed by atoms with van der Waals surface area (Å²) in [6.45, 7) is 7.73. The molecule has 1 aliphatic rings. The fourth-order valence-electron chi connectivity index (χ4n) is 3.04. The smallest absolute Gasteiger partial charge is 0.272 e. The Morgan fingerprint density at radius 2 is 1.57 bits per heavy atom. The van der Waals surface area contributed by atoms with Crippen molar-refractivity contribution in [2.45, 2.75) is 26.9 Å². The highest BCUT2D eigenvalue weighted by Crippen LogP contribution is 2.20. The number of rotatable bonds is 5. The highest BCUT2D eigenvalue weighted by Gasteiger charge is 2.23. The van der Waals surface area contributed by atoms with Crippen LogP contribution in [-0.4, -0.2) is 58.9 Å². The molecule has 1 aromatic heterocycles. The fraction of sp³-hybridized carbons (Fsp3) is 0.381. The Hall–Kier alpha value is -3.09. The van der Waals surface area contributed by atoms with Gasteiger partial charge >= 0.3 is 0 Å². The number of hydrogen-bond donors (Lipinski definition) is 1. The van der Waals surface area contributed by atoms with E-state index < -0.39 is 0 Å². The maximum atomic E-state index is 12.6. The number of carbonyl (C=O) groups excluding carboxylic acids is 2. The molecule has 0 unspecified atom stereocenters. The molecule has 1 N–H and O–H groups in total. The molecule has 2 amide bonds. The summed E-state index contributed by atoms with van der Waals surface area (Å²) in [4.78, 5) is 31.8. The third-order valence-electron chi connectivity index (χ3n) is 4.51. The molecule has 7 nitrogen and oxygen atoms in total. The molecule has 1 saturated heterocycles. The van der Waals surface area contributed by atoms with E-state index in [1.165, 1.54) is 0 Å². The molecule has 148 valence electrons. The molecular weight excluding hydrogens is 356 g/mol. The number of nitrogens with zero attached hydrogens (tertiary/aromatic N) is 3. The van der Waals surface area contributed by atoms with Crippen molar-refractivity contribution in [2.24, 2.45) is 0 Å². The zero-order chi connectivity index (χ0) is 20.1. The molecule has 0 saturated carbocycles. The molecule has 1 fully saturated rings. The number of hydrogen-bond acceptors (Lipinski definition) is 5. The van der Waals surface area contributed by atoms with Gasteiger partial charge in [0.05, 0.1) is 18.0 Å². The molecule has 0 bridgehead atoms. The van der Waals surface area contributed by atoms with Gasteiger partial charge in [-0.25, -0.2) is 4.98 Å². The van der Waals surface area contributed by atoms with Crippen LogP contribution in [-0.2, 0) is 4.79 Å². The van der Waals surface area contributed by atoms with Crippen molar-refractivity contribution in [3.63, 3.8) is 0 Å². The standard InChI is InChI=1S/C21H26N4O3/c1-15(2)28-19-7-4-17(5-8-19)23-18-6-9-20(22-14-18)21(27)25-12-10-24(11-13-25)16(3)26/h4-9,14-15,23H,10-13H2,1-3H3. The van der Waals surface area contributed by atoms with Crippen molar-refractivity contribution in [1.82, 2.24) is 14.8 Å². The van der Waals surface area contributed by atoms with Gasteiger partial charge in [-0.2, -0.15) is 0 Å². The Labute approximate surface area is 165 Å². The van der Waals surface area contributed by atoms with Crippen LogP contribution in [0.25, 0.3) is 0 Å². The zero-order valence-corrected chi connectivity index (χ0v) is 16.5. The second kappa shape index (κ2) is 8.73. The van der Waals surface area contributed by atoms with Crippen LogP contribution in [0.3, 0.4) is 0 Å². The van der Waals surface area contributed by atoms with Crippen LogP contribution in [0.1, 0.15) is 31.3 Å². The molecule has 28 heavy (non-hydrogen) atoms. The van der Waals surface area contributed by atoms with Crippen molar-refractivity contribution in [1.29, 1.82) is 0 Å². The Bertz CT molecular complexity index is 811. The monoisotopic (exact) mass is 382 g/mol. The van der Waals surface area contributed by atoms with E-state index in [2.05, 4.69) is 10.3 Å². The predicted octanol–water partition coefficient (Wildman–Crippen LogP) is 2.92. The van der Waals surface area contributed by atoms with Gasteiger partial charge in [-0.3, -0.25) is 9.59 Å². The van der Waals surface area contributed by atoms with Gasteiger partial charge in [-0.1, -0.05) is 0 Å². The average molecular weight is 382 g/mol. The molecule has 2 aromatic rings. The van der Waals surface area contributed by atoms with Crippen molar-refractivity contribution < 1.29 is 14.3 Å². The number of aromatic nitrogens is 1. The van der Waals surface area contributed by atoms with E-state index in [-0.39, 0.29) is 17.9 Å². The van der Waals surface area contributed by atoms with Gasteiger partial charge in [0.2, 0.25) is 5.91 Å². The van der Waals surface area contributed by atoms with E-state index in [0.717, 1.165) is 17.1 Å². The van der Waals surface area contributed by atoms with Crippen LogP contribution in [0, 0.1) is 0 Å². The third-order valence-corrected chi connectivity index (χ3v) is 4.51. The Balaban J connectivity index is 1.57. The van der Waals surface area contributed by atoms with Crippen LogP contribution in [0.4, 0.5) is 11.4 Å². The van der Waals surface area contributed by atoms with E-state index in [0.29, 0.717) is 31.9 Å². The molecule has 0 radical (unpaired) electrons. The van der Waals surface area contributed by atoms with Crippen LogP contribution in [0.5, 0.6) is 5.75 Å². The Kier molecular flexibility index (Phi) is 6.13. The molecular formula is C21H26N4O3. The predicted molar refractivity (Wildman–Crippen MR) is 108 cm³/mol. The molecule has 3 rings (SSSR count). The fourth-order valence-corrected chi connectivity index (χ4v) is 3.04. The number of benzene rings is 1. The van der Waals surface area contributed by atoms with Gasteiger partial charge in [0.15, 0.2) is 0 Å². The molecule has 1 aliphatic heterocycles. The van der Waals surface area contributed by atoms with E-state index in [9.17, 15) is 9.59 Å². The lowest BCUT2D eigenvalue weighted by Crippen LogP contribution is -2.50. The van der Waals surface area contributed by atoms with Gasteiger partial charge in [0.25, 0.3) is 5.91 Å². The largest absolute Gasteiger partial charge is 0.491 e. The van der Waals surface area contributed by atoms with Gasteiger partial charge in [-0.15, -0.1) is 0 Å². The van der Waals surface area contributed by atoms with Crippen LogP contribution in [0.15, 0.2) is 42.6 Å². The quantitative estimate of drug-likeness (QED) is 0.861. The first-order chi connectivity index (χ1) is 13.4. The Morgan fingerprint density at radius 3 is 2.11 bits per heavy atom. The van der Waals surface area contributed by atoms with Crippen molar-refractivity contribution in [2.75, 3.05) is 31.5 Å². The molecule has 2 heterocycles. The second-order valence-electron chi connectivity index (χ2n) is 7.05. The summed E-state index contributed by atoms with van der Waals surface area (Å²) in [5, 5.41) is 3.26. The normalized spacial score (nSPS) is 14.1. The summed E-state index contributed by atoms with van der Waals surface area (Å²) in [7, 11) is 0. The topological polar surface area (TPSA) is 74.8 Å². The number of anilines is 2.